The minimum atomic E-state index is -3.88. The number of carbonyl (C=O) groups is 6. The number of hydrogen-bond donors (Lipinski definition) is 3. The van der Waals surface area contributed by atoms with Crippen molar-refractivity contribution in [3.63, 3.8) is 0 Å². The van der Waals surface area contributed by atoms with Crippen molar-refractivity contribution in [1.29, 1.82) is 0 Å². The molecule has 19 nitrogen and oxygen atoms in total. The molecule has 416 valence electrons. The van der Waals surface area contributed by atoms with Crippen molar-refractivity contribution in [3.8, 4) is 0 Å². The lowest BCUT2D eigenvalue weighted by atomic mass is 9.89. The number of rotatable bonds is 32. The van der Waals surface area contributed by atoms with Crippen molar-refractivity contribution < 1.29 is 60.9 Å². The van der Waals surface area contributed by atoms with Gasteiger partial charge in [-0.05, 0) is 76.8 Å². The predicted molar refractivity (Wildman–Crippen MR) is 278 cm³/mol. The fourth-order valence-electron chi connectivity index (χ4n) is 9.54. The van der Waals surface area contributed by atoms with Crippen LogP contribution in [0.25, 0.3) is 0 Å². The van der Waals surface area contributed by atoms with Gasteiger partial charge in [-0.3, -0.25) is 38.4 Å². The highest BCUT2D eigenvalue weighted by atomic mass is 32.2. The minimum absolute atomic E-state index is 0.0555. The second-order valence-electron chi connectivity index (χ2n) is 21.5. The second-order valence-corrected chi connectivity index (χ2v) is 23.5. The summed E-state index contributed by atoms with van der Waals surface area (Å²) in [6.45, 7) is 20.8. The van der Waals surface area contributed by atoms with Crippen molar-refractivity contribution in [2.24, 2.45) is 23.7 Å². The lowest BCUT2D eigenvalue weighted by Crippen LogP contribution is -2.60. The van der Waals surface area contributed by atoms with E-state index < -0.39 is 81.0 Å². The molecule has 1 heterocycles. The van der Waals surface area contributed by atoms with Crippen LogP contribution >= 0.6 is 0 Å². The van der Waals surface area contributed by atoms with Crippen LogP contribution in [0, 0.1) is 23.7 Å². The number of likely N-dealkylation sites (N-methyl/N-ethyl adjacent to an activating group) is 2. The predicted octanol–water partition coefficient (Wildman–Crippen LogP) is 4.10. The maximum absolute atomic E-state index is 14.6. The van der Waals surface area contributed by atoms with Gasteiger partial charge in [0.2, 0.25) is 33.7 Å². The van der Waals surface area contributed by atoms with Crippen molar-refractivity contribution in [3.05, 3.63) is 35.9 Å². The average Bonchev–Trinajstić information content (AvgIpc) is 4.08. The summed E-state index contributed by atoms with van der Waals surface area (Å²) in [6, 6.07) is 5.26. The Morgan fingerprint density at radius 3 is 1.99 bits per heavy atom. The number of benzene rings is 1. The molecule has 1 aliphatic heterocycles. The van der Waals surface area contributed by atoms with Crippen LogP contribution in [0.1, 0.15) is 120 Å². The standard InChI is InChI=1S/C53H90N6O13S/c1-15-36(6)47(58(12)52(65)45(34(2)3)55-51(64)46(35(4)5)57(11)27-29-71-31-30-70-28-25-44(61)72-53(8,9)10)42(68-13)33-43(60)59-26-19-22-41(59)48(69-14)37(7)49(62)54-40(32-38-20-17-16-18-21-38)50(63)56-73(66,67)39-23-24-39/h16-18,20-21,34-37,39-42,45-48H,15,19,22-33H2,1-14H3,(H,54,62)(H,55,64)(H,56,63)/t36-,37+,40-,41-,42+,45-,46-,47?,48+/m0/s1. The molecule has 9 atom stereocenters. The number of nitrogens with one attached hydrogen (secondary N) is 3. The van der Waals surface area contributed by atoms with Crippen molar-refractivity contribution >= 4 is 45.5 Å². The van der Waals surface area contributed by atoms with Gasteiger partial charge in [-0.25, -0.2) is 8.42 Å². The Labute approximate surface area is 436 Å². The molecule has 1 saturated heterocycles. The smallest absolute Gasteiger partial charge is 0.308 e. The van der Waals surface area contributed by atoms with Gasteiger partial charge in [-0.2, -0.15) is 0 Å². The Bertz CT molecular complexity index is 2030. The average molecular weight is 1050 g/mol. The lowest BCUT2D eigenvalue weighted by molar-refractivity contribution is -0.156. The zero-order valence-electron chi connectivity index (χ0n) is 46.3. The zero-order chi connectivity index (χ0) is 54.8. The molecule has 1 aromatic rings. The van der Waals surface area contributed by atoms with Gasteiger partial charge in [0.25, 0.3) is 5.91 Å². The molecule has 2 aliphatic rings. The first-order valence-corrected chi connectivity index (χ1v) is 27.7. The molecule has 20 heteroatoms. The summed E-state index contributed by atoms with van der Waals surface area (Å²) < 4.78 is 56.4. The molecular weight excluding hydrogens is 961 g/mol. The number of ether oxygens (including phenoxy) is 5. The molecule has 1 unspecified atom stereocenters. The SMILES string of the molecule is CC[C@H](C)C([C@@H](CC(=O)N1CCC[C@H]1[C@H](OC)[C@@H](C)C(=O)N[C@@H](Cc1ccccc1)C(=O)NS(=O)(=O)C1CC1)OC)N(C)C(=O)[C@@H](NC(=O)[C@H](C(C)C)N(C)CCOCCOCCC(=O)OC(C)(C)C)C(C)C. The number of methoxy groups -OCH3 is 2. The number of hydrogen-bond acceptors (Lipinski definition) is 14. The van der Waals surface area contributed by atoms with Gasteiger partial charge >= 0.3 is 5.97 Å². The highest BCUT2D eigenvalue weighted by Gasteiger charge is 2.44. The third-order valence-corrected chi connectivity index (χ3v) is 15.7. The Morgan fingerprint density at radius 1 is 0.808 bits per heavy atom. The molecular formula is C53H90N6O13S. The van der Waals surface area contributed by atoms with Gasteiger partial charge in [0, 0.05) is 40.8 Å². The molecule has 2 fully saturated rings. The van der Waals surface area contributed by atoms with E-state index in [1.54, 1.807) is 48.0 Å². The van der Waals surface area contributed by atoms with Gasteiger partial charge < -0.3 is 44.1 Å². The topological polar surface area (TPSA) is 229 Å². The molecule has 0 aromatic heterocycles. The van der Waals surface area contributed by atoms with Gasteiger partial charge in [-0.15, -0.1) is 0 Å². The van der Waals surface area contributed by atoms with Crippen LogP contribution in [0.4, 0.5) is 0 Å². The summed E-state index contributed by atoms with van der Waals surface area (Å²) in [5, 5.41) is 5.23. The molecule has 1 aliphatic carbocycles. The summed E-state index contributed by atoms with van der Waals surface area (Å²) in [4.78, 5) is 87.9. The van der Waals surface area contributed by atoms with E-state index in [9.17, 15) is 37.2 Å². The van der Waals surface area contributed by atoms with E-state index >= 15 is 0 Å². The third-order valence-electron chi connectivity index (χ3n) is 13.8. The van der Waals surface area contributed by atoms with E-state index in [2.05, 4.69) is 15.4 Å². The van der Waals surface area contributed by atoms with Crippen LogP contribution in [0.15, 0.2) is 30.3 Å². The highest BCUT2D eigenvalue weighted by molar-refractivity contribution is 7.90. The fraction of sp³-hybridized carbons (Fsp3) is 0.774. The van der Waals surface area contributed by atoms with E-state index in [1.807, 2.05) is 80.3 Å². The molecule has 0 radical (unpaired) electrons. The number of esters is 1. The molecule has 5 amide bonds. The van der Waals surface area contributed by atoms with Crippen LogP contribution < -0.4 is 15.4 Å². The number of nitrogens with zero attached hydrogens (tertiary/aromatic N) is 3. The molecule has 73 heavy (non-hydrogen) atoms. The van der Waals surface area contributed by atoms with Crippen molar-refractivity contribution in [1.82, 2.24) is 30.1 Å². The summed E-state index contributed by atoms with van der Waals surface area (Å²) in [6.07, 6.45) is 1.40. The maximum atomic E-state index is 14.6. The van der Waals surface area contributed by atoms with Crippen LogP contribution in [-0.2, 0) is 68.9 Å². The van der Waals surface area contributed by atoms with Crippen molar-refractivity contribution in [2.45, 2.75) is 174 Å². The molecule has 0 spiro atoms. The normalized spacial score (nSPS) is 18.6. The first-order chi connectivity index (χ1) is 34.3. The number of likely N-dealkylation sites (tertiary alicyclic amines) is 1. The first kappa shape index (κ1) is 63.1. The molecule has 1 saturated carbocycles. The summed E-state index contributed by atoms with van der Waals surface area (Å²) in [5.74, 6) is -3.90. The van der Waals surface area contributed by atoms with E-state index in [0.717, 1.165) is 5.56 Å². The number of amides is 5. The van der Waals surface area contributed by atoms with E-state index in [-0.39, 0.29) is 67.3 Å². The molecule has 3 N–H and O–H groups in total. The van der Waals surface area contributed by atoms with E-state index in [4.69, 9.17) is 23.7 Å². The van der Waals surface area contributed by atoms with Crippen LogP contribution in [0.5, 0.6) is 0 Å². The number of carbonyl (C=O) groups excluding carboxylic acids is 6. The maximum Gasteiger partial charge on any atom is 0.308 e. The van der Waals surface area contributed by atoms with Gasteiger partial charge in [-0.1, -0.05) is 85.2 Å². The fourth-order valence-corrected chi connectivity index (χ4v) is 10.9. The first-order valence-electron chi connectivity index (χ1n) is 26.2. The van der Waals surface area contributed by atoms with Crippen LogP contribution in [-0.4, -0.2) is 180 Å². The molecule has 1 aromatic carbocycles. The Hall–Kier alpha value is -4.21. The number of sulfonamides is 1. The monoisotopic (exact) mass is 1050 g/mol. The Kier molecular flexibility index (Phi) is 25.7. The third kappa shape index (κ3) is 19.8. The lowest BCUT2D eigenvalue weighted by Gasteiger charge is -2.41. The second kappa shape index (κ2) is 29.8. The van der Waals surface area contributed by atoms with Crippen molar-refractivity contribution in [2.75, 3.05) is 67.8 Å². The molecule has 3 rings (SSSR count). The van der Waals surface area contributed by atoms with Gasteiger partial charge in [0.15, 0.2) is 0 Å². The van der Waals surface area contributed by atoms with Gasteiger partial charge in [0.05, 0.1) is 80.8 Å². The highest BCUT2D eigenvalue weighted by Crippen LogP contribution is 2.31. The quantitative estimate of drug-likeness (QED) is 0.0682. The summed E-state index contributed by atoms with van der Waals surface area (Å²) in [7, 11) is 2.64. The van der Waals surface area contributed by atoms with E-state index in [0.29, 0.717) is 65.0 Å². The van der Waals surface area contributed by atoms with Crippen LogP contribution in [0.2, 0.25) is 0 Å². The minimum Gasteiger partial charge on any atom is -0.460 e. The Morgan fingerprint density at radius 2 is 1.44 bits per heavy atom. The zero-order valence-corrected chi connectivity index (χ0v) is 47.1. The van der Waals surface area contributed by atoms with E-state index in [1.165, 1.54) is 14.2 Å². The molecule has 0 bridgehead atoms. The Balaban J connectivity index is 1.69. The van der Waals surface area contributed by atoms with Crippen LogP contribution in [0.3, 0.4) is 0 Å². The summed E-state index contributed by atoms with van der Waals surface area (Å²) >= 11 is 0. The summed E-state index contributed by atoms with van der Waals surface area (Å²) in [5.41, 5.74) is 0.175. The van der Waals surface area contributed by atoms with Gasteiger partial charge in [0.1, 0.15) is 17.7 Å². The largest absolute Gasteiger partial charge is 0.460 e.